The Kier molecular flexibility index (Phi) is 6.26. The topological polar surface area (TPSA) is 81.6 Å². The summed E-state index contributed by atoms with van der Waals surface area (Å²) in [7, 11) is 0. The highest BCUT2D eigenvalue weighted by Gasteiger charge is 2.43. The van der Waals surface area contributed by atoms with Gasteiger partial charge in [-0.3, -0.25) is 9.59 Å². The minimum atomic E-state index is -0.527. The van der Waals surface area contributed by atoms with E-state index < -0.39 is 5.41 Å². The van der Waals surface area contributed by atoms with Crippen molar-refractivity contribution in [2.45, 2.75) is 38.5 Å². The van der Waals surface area contributed by atoms with Gasteiger partial charge in [-0.2, -0.15) is 0 Å². The van der Waals surface area contributed by atoms with Crippen LogP contribution in [0.25, 0.3) is 0 Å². The van der Waals surface area contributed by atoms with Crippen LogP contribution in [0.15, 0.2) is 42.9 Å². The summed E-state index contributed by atoms with van der Waals surface area (Å²) < 4.78 is 11.5. The molecule has 0 aliphatic carbocycles. The summed E-state index contributed by atoms with van der Waals surface area (Å²) in [5, 5.41) is 0. The van der Waals surface area contributed by atoms with Crippen LogP contribution in [0.2, 0.25) is 0 Å². The van der Waals surface area contributed by atoms with E-state index >= 15 is 0 Å². The van der Waals surface area contributed by atoms with Gasteiger partial charge in [0.2, 0.25) is 0 Å². The molecule has 1 amide bonds. The number of ether oxygens (including phenoxy) is 2. The molecular weight excluding hydrogens is 382 g/mol. The van der Waals surface area contributed by atoms with E-state index in [-0.39, 0.29) is 18.5 Å². The Morgan fingerprint density at radius 1 is 1.00 bits per heavy atom. The van der Waals surface area contributed by atoms with E-state index in [4.69, 9.17) is 9.47 Å². The first-order valence-corrected chi connectivity index (χ1v) is 10.6. The van der Waals surface area contributed by atoms with Crippen LogP contribution in [0.1, 0.15) is 48.2 Å². The monoisotopic (exact) mass is 409 g/mol. The predicted octanol–water partition coefficient (Wildman–Crippen LogP) is 3.05. The summed E-state index contributed by atoms with van der Waals surface area (Å²) in [5.41, 5.74) is 1.06. The number of fused-ring (bicyclic) bond motifs is 1. The number of amides is 1. The molecule has 30 heavy (non-hydrogen) atoms. The number of benzene rings is 1. The standard InChI is InChI=1S/C23H27N3O4/c27-21(19-8-12-24-17-25-19)26-13-10-23(11-14-26)9-4-3-6-18-5-1-2-7-20(18)29-15-16-30-22(23)28/h1-2,5,7-8,12,17H,3-4,6,9-11,13-16H2. The van der Waals surface area contributed by atoms with Gasteiger partial charge in [0.25, 0.3) is 5.91 Å². The summed E-state index contributed by atoms with van der Waals surface area (Å²) in [6, 6.07) is 9.67. The Morgan fingerprint density at radius 3 is 2.60 bits per heavy atom. The molecule has 1 aromatic heterocycles. The minimum absolute atomic E-state index is 0.112. The number of likely N-dealkylation sites (tertiary alicyclic amines) is 1. The van der Waals surface area contributed by atoms with Gasteiger partial charge in [0.1, 0.15) is 31.0 Å². The van der Waals surface area contributed by atoms with E-state index in [1.807, 2.05) is 18.2 Å². The number of para-hydroxylation sites is 1. The smallest absolute Gasteiger partial charge is 0.312 e. The Bertz CT molecular complexity index is 879. The summed E-state index contributed by atoms with van der Waals surface area (Å²) >= 11 is 0. The van der Waals surface area contributed by atoms with Crippen LogP contribution in [0.5, 0.6) is 5.75 Å². The van der Waals surface area contributed by atoms with Gasteiger partial charge in [-0.1, -0.05) is 24.6 Å². The summed E-state index contributed by atoms with van der Waals surface area (Å²) in [5.74, 6) is 0.605. The fourth-order valence-corrected chi connectivity index (χ4v) is 4.34. The molecule has 0 bridgehead atoms. The highest BCUT2D eigenvalue weighted by Crippen LogP contribution is 2.39. The van der Waals surface area contributed by atoms with Gasteiger partial charge in [0.15, 0.2) is 0 Å². The number of aryl methyl sites for hydroxylation is 1. The second-order valence-electron chi connectivity index (χ2n) is 7.97. The maximum Gasteiger partial charge on any atom is 0.312 e. The van der Waals surface area contributed by atoms with E-state index in [1.165, 1.54) is 11.9 Å². The molecule has 7 heteroatoms. The zero-order valence-corrected chi connectivity index (χ0v) is 17.1. The quantitative estimate of drug-likeness (QED) is 0.674. The molecule has 158 valence electrons. The second-order valence-corrected chi connectivity index (χ2v) is 7.97. The molecule has 7 nitrogen and oxygen atoms in total. The van der Waals surface area contributed by atoms with Crippen LogP contribution in [-0.2, 0) is 16.0 Å². The third-order valence-corrected chi connectivity index (χ3v) is 6.14. The number of esters is 1. The van der Waals surface area contributed by atoms with Gasteiger partial charge in [-0.05, 0) is 49.8 Å². The molecule has 3 heterocycles. The second kappa shape index (κ2) is 9.24. The summed E-state index contributed by atoms with van der Waals surface area (Å²) in [6.07, 6.45) is 7.80. The van der Waals surface area contributed by atoms with Crippen LogP contribution in [0.3, 0.4) is 0 Å². The van der Waals surface area contributed by atoms with Gasteiger partial charge in [0.05, 0.1) is 5.41 Å². The highest BCUT2D eigenvalue weighted by atomic mass is 16.6. The number of hydrogen-bond acceptors (Lipinski definition) is 6. The molecule has 0 saturated carbocycles. The predicted molar refractivity (Wildman–Crippen MR) is 110 cm³/mol. The Labute approximate surface area is 176 Å². The lowest BCUT2D eigenvalue weighted by Crippen LogP contribution is -2.47. The average molecular weight is 409 g/mol. The van der Waals surface area contributed by atoms with Crippen LogP contribution in [0, 0.1) is 5.41 Å². The molecule has 0 radical (unpaired) electrons. The number of hydrogen-bond donors (Lipinski definition) is 0. The third-order valence-electron chi connectivity index (χ3n) is 6.14. The SMILES string of the molecule is O=C(c1ccncn1)N1CCC2(CCCCc3ccccc3OCCOC2=O)CC1. The number of piperidine rings is 1. The normalized spacial score (nSPS) is 19.6. The van der Waals surface area contributed by atoms with E-state index in [1.54, 1.807) is 17.2 Å². The van der Waals surface area contributed by atoms with Crippen molar-refractivity contribution in [1.82, 2.24) is 14.9 Å². The molecule has 2 aliphatic rings. The zero-order chi connectivity index (χ0) is 20.8. The first-order valence-electron chi connectivity index (χ1n) is 10.6. The summed E-state index contributed by atoms with van der Waals surface area (Å²) in [6.45, 7) is 1.63. The molecule has 2 aliphatic heterocycles. The molecule has 4 rings (SSSR count). The average Bonchev–Trinajstić information content (AvgIpc) is 2.80. The van der Waals surface area contributed by atoms with Crippen molar-refractivity contribution in [2.75, 3.05) is 26.3 Å². The van der Waals surface area contributed by atoms with Crippen LogP contribution in [0.4, 0.5) is 0 Å². The van der Waals surface area contributed by atoms with E-state index in [2.05, 4.69) is 16.0 Å². The van der Waals surface area contributed by atoms with Gasteiger partial charge in [-0.15, -0.1) is 0 Å². The molecular formula is C23H27N3O4. The number of nitrogens with zero attached hydrogens (tertiary/aromatic N) is 3. The maximum absolute atomic E-state index is 13.0. The van der Waals surface area contributed by atoms with Gasteiger partial charge >= 0.3 is 5.97 Å². The van der Waals surface area contributed by atoms with Gasteiger partial charge in [0, 0.05) is 19.3 Å². The van der Waals surface area contributed by atoms with Crippen molar-refractivity contribution in [1.29, 1.82) is 0 Å². The van der Waals surface area contributed by atoms with Crippen molar-refractivity contribution in [3.05, 3.63) is 54.1 Å². The van der Waals surface area contributed by atoms with Crippen molar-refractivity contribution in [2.24, 2.45) is 5.41 Å². The summed E-state index contributed by atoms with van der Waals surface area (Å²) in [4.78, 5) is 35.4. The lowest BCUT2D eigenvalue weighted by atomic mass is 9.74. The molecule has 1 spiro atoms. The van der Waals surface area contributed by atoms with Crippen molar-refractivity contribution in [3.63, 3.8) is 0 Å². The molecule has 1 saturated heterocycles. The van der Waals surface area contributed by atoms with Crippen LogP contribution >= 0.6 is 0 Å². The minimum Gasteiger partial charge on any atom is -0.490 e. The molecule has 0 atom stereocenters. The fourth-order valence-electron chi connectivity index (χ4n) is 4.34. The molecule has 1 aromatic carbocycles. The highest BCUT2D eigenvalue weighted by molar-refractivity contribution is 5.92. The largest absolute Gasteiger partial charge is 0.490 e. The Morgan fingerprint density at radius 2 is 1.80 bits per heavy atom. The van der Waals surface area contributed by atoms with Crippen molar-refractivity contribution >= 4 is 11.9 Å². The third kappa shape index (κ3) is 4.45. The van der Waals surface area contributed by atoms with Gasteiger partial charge in [-0.25, -0.2) is 9.97 Å². The Hall–Kier alpha value is -2.96. The van der Waals surface area contributed by atoms with Crippen LogP contribution in [-0.4, -0.2) is 53.0 Å². The lowest BCUT2D eigenvalue weighted by Gasteiger charge is -2.40. The van der Waals surface area contributed by atoms with Crippen molar-refractivity contribution < 1.29 is 19.1 Å². The number of carbonyl (C=O) groups is 2. The Balaban J connectivity index is 1.42. The van der Waals surface area contributed by atoms with Crippen molar-refractivity contribution in [3.8, 4) is 5.75 Å². The molecule has 0 N–H and O–H groups in total. The number of cyclic esters (lactones) is 1. The van der Waals surface area contributed by atoms with E-state index in [9.17, 15) is 9.59 Å². The fraction of sp³-hybridized carbons (Fsp3) is 0.478. The first-order chi connectivity index (χ1) is 14.7. The first kappa shape index (κ1) is 20.3. The zero-order valence-electron chi connectivity index (χ0n) is 17.1. The number of aromatic nitrogens is 2. The molecule has 2 aromatic rings. The van der Waals surface area contributed by atoms with Gasteiger partial charge < -0.3 is 14.4 Å². The number of carbonyl (C=O) groups excluding carboxylic acids is 2. The molecule has 1 fully saturated rings. The van der Waals surface area contributed by atoms with E-state index in [0.29, 0.717) is 38.2 Å². The lowest BCUT2D eigenvalue weighted by molar-refractivity contribution is -0.160. The van der Waals surface area contributed by atoms with E-state index in [0.717, 1.165) is 31.4 Å². The molecule has 0 unspecified atom stereocenters. The number of rotatable bonds is 1. The van der Waals surface area contributed by atoms with Crippen LogP contribution < -0.4 is 4.74 Å². The maximum atomic E-state index is 13.0.